The Morgan fingerprint density at radius 3 is 2.62 bits per heavy atom. The van der Waals surface area contributed by atoms with Crippen molar-refractivity contribution in [2.75, 3.05) is 24.3 Å². The fraction of sp³-hybridized carbons (Fsp3) is 0.538. The Morgan fingerprint density at radius 1 is 1.24 bits per heavy atom. The number of aromatic nitrogens is 5. The third-order valence-electron chi connectivity index (χ3n) is 3.82. The highest BCUT2D eigenvalue weighted by Crippen LogP contribution is 2.32. The van der Waals surface area contributed by atoms with Crippen molar-refractivity contribution in [3.63, 3.8) is 0 Å². The number of hydrogen-bond donors (Lipinski definition) is 3. The molecule has 0 spiro atoms. The lowest BCUT2D eigenvalue weighted by atomic mass is 9.99. The number of nitrogens with one attached hydrogen (secondary N) is 2. The maximum absolute atomic E-state index is 9.69. The number of aliphatic hydroxyl groups is 1. The Morgan fingerprint density at radius 2 is 2.00 bits per heavy atom. The number of anilines is 2. The highest BCUT2D eigenvalue weighted by atomic mass is 16.3. The van der Waals surface area contributed by atoms with E-state index in [0.29, 0.717) is 17.8 Å². The molecule has 0 saturated heterocycles. The second-order valence-electron chi connectivity index (χ2n) is 5.27. The molecular weight excluding hydrogens is 270 g/mol. The second kappa shape index (κ2) is 5.65. The minimum absolute atomic E-state index is 0.0774. The molecular formula is C13H19N7O. The van der Waals surface area contributed by atoms with E-state index >= 15 is 0 Å². The van der Waals surface area contributed by atoms with Crippen molar-refractivity contribution in [2.45, 2.75) is 31.2 Å². The highest BCUT2D eigenvalue weighted by molar-refractivity contribution is 5.40. The predicted molar refractivity (Wildman–Crippen MR) is 78.4 cm³/mol. The van der Waals surface area contributed by atoms with E-state index in [-0.39, 0.29) is 12.1 Å². The van der Waals surface area contributed by atoms with E-state index in [1.807, 2.05) is 0 Å². The molecule has 0 bridgehead atoms. The van der Waals surface area contributed by atoms with Gasteiger partial charge in [-0.15, -0.1) is 0 Å². The van der Waals surface area contributed by atoms with Crippen LogP contribution in [0.1, 0.15) is 25.7 Å². The van der Waals surface area contributed by atoms with Gasteiger partial charge in [-0.25, -0.2) is 4.98 Å². The molecule has 2 aromatic rings. The topological polar surface area (TPSA) is 101 Å². The van der Waals surface area contributed by atoms with Crippen LogP contribution in [0.25, 0.3) is 5.95 Å². The first-order chi connectivity index (χ1) is 10.2. The molecule has 1 aliphatic rings. The van der Waals surface area contributed by atoms with Gasteiger partial charge >= 0.3 is 0 Å². The van der Waals surface area contributed by atoms with Crippen LogP contribution in [0.2, 0.25) is 0 Å². The van der Waals surface area contributed by atoms with Crippen molar-refractivity contribution < 1.29 is 5.11 Å². The van der Waals surface area contributed by atoms with Gasteiger partial charge in [0.25, 0.3) is 0 Å². The predicted octanol–water partition coefficient (Wildman–Crippen LogP) is 0.816. The smallest absolute Gasteiger partial charge is 0.241 e. The average Bonchev–Trinajstić information content (AvgIpc) is 3.19. The van der Waals surface area contributed by atoms with Gasteiger partial charge in [0, 0.05) is 19.4 Å². The van der Waals surface area contributed by atoms with Crippen LogP contribution in [-0.2, 0) is 0 Å². The largest absolute Gasteiger partial charge is 0.394 e. The maximum Gasteiger partial charge on any atom is 0.241 e. The van der Waals surface area contributed by atoms with Crippen molar-refractivity contribution in [1.82, 2.24) is 24.5 Å². The minimum Gasteiger partial charge on any atom is -0.394 e. The molecule has 21 heavy (non-hydrogen) atoms. The third kappa shape index (κ3) is 2.80. The Bertz CT molecular complexity index is 593. The fourth-order valence-corrected chi connectivity index (χ4v) is 2.64. The summed E-state index contributed by atoms with van der Waals surface area (Å²) in [5.41, 5.74) is -0.321. The number of hydrogen-bond acceptors (Lipinski definition) is 7. The Hall–Kier alpha value is -2.22. The first-order valence-electron chi connectivity index (χ1n) is 7.06. The second-order valence-corrected chi connectivity index (χ2v) is 5.27. The summed E-state index contributed by atoms with van der Waals surface area (Å²) < 4.78 is 1.72. The molecule has 3 rings (SSSR count). The number of aliphatic hydroxyl groups excluding tert-OH is 1. The van der Waals surface area contributed by atoms with Crippen LogP contribution in [0, 0.1) is 0 Å². The molecule has 8 heteroatoms. The van der Waals surface area contributed by atoms with Crippen LogP contribution < -0.4 is 10.6 Å². The van der Waals surface area contributed by atoms with Crippen molar-refractivity contribution in [3.05, 3.63) is 18.7 Å². The number of nitrogens with zero attached hydrogens (tertiary/aromatic N) is 5. The molecule has 2 heterocycles. The van der Waals surface area contributed by atoms with Crippen LogP contribution >= 0.6 is 0 Å². The highest BCUT2D eigenvalue weighted by Gasteiger charge is 2.34. The zero-order valence-corrected chi connectivity index (χ0v) is 12.0. The molecule has 1 saturated carbocycles. The summed E-state index contributed by atoms with van der Waals surface area (Å²) in [6.45, 7) is 0.0774. The first-order valence-corrected chi connectivity index (χ1v) is 7.06. The quantitative estimate of drug-likeness (QED) is 0.749. The lowest BCUT2D eigenvalue weighted by Crippen LogP contribution is -2.39. The van der Waals surface area contributed by atoms with Crippen molar-refractivity contribution in [3.8, 4) is 5.95 Å². The van der Waals surface area contributed by atoms with Gasteiger partial charge in [0.1, 0.15) is 6.33 Å². The van der Waals surface area contributed by atoms with Crippen LogP contribution in [0.3, 0.4) is 0 Å². The molecule has 0 aliphatic heterocycles. The summed E-state index contributed by atoms with van der Waals surface area (Å²) in [7, 11) is 1.76. The first kappa shape index (κ1) is 13.7. The standard InChI is InChI=1S/C13H19N7O/c1-14-10-16-11(19-13(8-21)4-2-3-5-13)18-12(17-10)20-7-6-15-9-20/h6-7,9,21H,2-5,8H2,1H3,(H2,14,16,17,18,19). The number of imidazole rings is 1. The zero-order chi connectivity index (χ0) is 14.7. The SMILES string of the molecule is CNc1nc(NC2(CO)CCCC2)nc(-n2ccnc2)n1. The van der Waals surface area contributed by atoms with E-state index < -0.39 is 0 Å². The van der Waals surface area contributed by atoms with E-state index in [1.165, 1.54) is 0 Å². The fourth-order valence-electron chi connectivity index (χ4n) is 2.64. The van der Waals surface area contributed by atoms with Gasteiger partial charge < -0.3 is 15.7 Å². The van der Waals surface area contributed by atoms with Crippen molar-refractivity contribution >= 4 is 11.9 Å². The molecule has 0 aromatic carbocycles. The molecule has 112 valence electrons. The molecule has 2 aromatic heterocycles. The van der Waals surface area contributed by atoms with E-state index in [0.717, 1.165) is 25.7 Å². The number of rotatable bonds is 5. The Labute approximate surface area is 122 Å². The summed E-state index contributed by atoms with van der Waals surface area (Å²) in [5, 5.41) is 15.9. The summed E-state index contributed by atoms with van der Waals surface area (Å²) >= 11 is 0. The minimum atomic E-state index is -0.321. The van der Waals surface area contributed by atoms with Gasteiger partial charge in [-0.2, -0.15) is 15.0 Å². The molecule has 8 nitrogen and oxygen atoms in total. The maximum atomic E-state index is 9.69. The van der Waals surface area contributed by atoms with Gasteiger partial charge in [0.2, 0.25) is 17.8 Å². The van der Waals surface area contributed by atoms with E-state index in [1.54, 1.807) is 30.3 Å². The molecule has 0 unspecified atom stereocenters. The lowest BCUT2D eigenvalue weighted by molar-refractivity contribution is 0.213. The van der Waals surface area contributed by atoms with Crippen LogP contribution in [-0.4, -0.2) is 48.8 Å². The third-order valence-corrected chi connectivity index (χ3v) is 3.82. The lowest BCUT2D eigenvalue weighted by Gasteiger charge is -2.28. The molecule has 0 amide bonds. The van der Waals surface area contributed by atoms with Crippen molar-refractivity contribution in [2.24, 2.45) is 0 Å². The van der Waals surface area contributed by atoms with Gasteiger partial charge in [-0.1, -0.05) is 12.8 Å². The molecule has 0 radical (unpaired) electrons. The normalized spacial score (nSPS) is 16.9. The summed E-state index contributed by atoms with van der Waals surface area (Å²) in [5.74, 6) is 1.43. The summed E-state index contributed by atoms with van der Waals surface area (Å²) in [6, 6.07) is 0. The Kier molecular flexibility index (Phi) is 3.70. The molecule has 1 aliphatic carbocycles. The Balaban J connectivity index is 1.92. The average molecular weight is 289 g/mol. The summed E-state index contributed by atoms with van der Waals surface area (Å²) in [4.78, 5) is 17.1. The monoisotopic (exact) mass is 289 g/mol. The molecule has 1 fully saturated rings. The molecule has 0 atom stereocenters. The molecule has 3 N–H and O–H groups in total. The van der Waals surface area contributed by atoms with E-state index in [4.69, 9.17) is 0 Å². The van der Waals surface area contributed by atoms with Crippen LogP contribution in [0.4, 0.5) is 11.9 Å². The van der Waals surface area contributed by atoms with Gasteiger partial charge in [-0.3, -0.25) is 4.57 Å². The van der Waals surface area contributed by atoms with E-state index in [9.17, 15) is 5.11 Å². The van der Waals surface area contributed by atoms with Gasteiger partial charge in [0.15, 0.2) is 0 Å². The van der Waals surface area contributed by atoms with Crippen LogP contribution in [0.5, 0.6) is 0 Å². The van der Waals surface area contributed by atoms with Gasteiger partial charge in [0.05, 0.1) is 12.1 Å². The van der Waals surface area contributed by atoms with E-state index in [2.05, 4.69) is 30.6 Å². The van der Waals surface area contributed by atoms with Crippen LogP contribution in [0.15, 0.2) is 18.7 Å². The zero-order valence-electron chi connectivity index (χ0n) is 12.0. The van der Waals surface area contributed by atoms with Crippen molar-refractivity contribution in [1.29, 1.82) is 0 Å². The van der Waals surface area contributed by atoms with Gasteiger partial charge in [-0.05, 0) is 12.8 Å². The summed E-state index contributed by atoms with van der Waals surface area (Å²) in [6.07, 6.45) is 9.13.